The van der Waals surface area contributed by atoms with Crippen molar-refractivity contribution in [2.45, 2.75) is 58.5 Å². The minimum Gasteiger partial charge on any atom is -0.335 e. The summed E-state index contributed by atoms with van der Waals surface area (Å²) in [5.41, 5.74) is 2.51. The first kappa shape index (κ1) is 14.9. The molecule has 0 bridgehead atoms. The lowest BCUT2D eigenvalue weighted by molar-refractivity contribution is 0.232. The first-order valence-corrected chi connectivity index (χ1v) is 7.64. The molecule has 1 saturated carbocycles. The molecule has 0 heterocycles. The van der Waals surface area contributed by atoms with Gasteiger partial charge in [-0.1, -0.05) is 52.0 Å². The van der Waals surface area contributed by atoms with E-state index in [-0.39, 0.29) is 12.1 Å². The average Bonchev–Trinajstić information content (AvgIpc) is 3.19. The molecule has 1 atom stereocenters. The minimum atomic E-state index is -0.0425. The van der Waals surface area contributed by atoms with Crippen molar-refractivity contribution in [3.05, 3.63) is 35.4 Å². The SMILES string of the molecule is CC(C)c1ccc([C@@H](NC(=O)NC2CC2)C(C)C)cc1. The van der Waals surface area contributed by atoms with E-state index in [4.69, 9.17) is 0 Å². The standard InChI is InChI=1S/C17H26N2O/c1-11(2)13-5-7-14(8-6-13)16(12(3)4)19-17(20)18-15-9-10-15/h5-8,11-12,15-16H,9-10H2,1-4H3,(H2,18,19,20)/t16-/m0/s1. The Hall–Kier alpha value is -1.51. The molecule has 2 rings (SSSR count). The quantitative estimate of drug-likeness (QED) is 0.838. The smallest absolute Gasteiger partial charge is 0.315 e. The van der Waals surface area contributed by atoms with E-state index in [9.17, 15) is 4.79 Å². The van der Waals surface area contributed by atoms with E-state index in [0.29, 0.717) is 17.9 Å². The van der Waals surface area contributed by atoms with E-state index in [0.717, 1.165) is 12.8 Å². The van der Waals surface area contributed by atoms with Crippen molar-refractivity contribution < 1.29 is 4.79 Å². The van der Waals surface area contributed by atoms with Gasteiger partial charge in [0.25, 0.3) is 0 Å². The summed E-state index contributed by atoms with van der Waals surface area (Å²) >= 11 is 0. The Morgan fingerprint density at radius 3 is 2.05 bits per heavy atom. The molecule has 2 N–H and O–H groups in total. The lowest BCUT2D eigenvalue weighted by Gasteiger charge is -2.23. The summed E-state index contributed by atoms with van der Waals surface area (Å²) in [6.07, 6.45) is 2.23. The lowest BCUT2D eigenvalue weighted by Crippen LogP contribution is -2.40. The lowest BCUT2D eigenvalue weighted by atomic mass is 9.93. The Morgan fingerprint density at radius 1 is 1.05 bits per heavy atom. The maximum absolute atomic E-state index is 11.9. The van der Waals surface area contributed by atoms with Gasteiger partial charge in [0.1, 0.15) is 0 Å². The molecular weight excluding hydrogens is 248 g/mol. The first-order valence-electron chi connectivity index (χ1n) is 7.64. The third-order valence-electron chi connectivity index (χ3n) is 3.83. The zero-order chi connectivity index (χ0) is 14.7. The van der Waals surface area contributed by atoms with Gasteiger partial charge in [-0.2, -0.15) is 0 Å². The topological polar surface area (TPSA) is 41.1 Å². The van der Waals surface area contributed by atoms with Crippen LogP contribution in [0.1, 0.15) is 63.6 Å². The Bertz CT molecular complexity index is 447. The molecule has 3 heteroatoms. The number of carbonyl (C=O) groups excluding carboxylic acids is 1. The second-order valence-corrected chi connectivity index (χ2v) is 6.44. The van der Waals surface area contributed by atoms with Crippen LogP contribution in [0.25, 0.3) is 0 Å². The predicted molar refractivity (Wildman–Crippen MR) is 82.8 cm³/mol. The summed E-state index contributed by atoms with van der Waals surface area (Å²) in [6, 6.07) is 9.01. The molecule has 0 radical (unpaired) electrons. The van der Waals surface area contributed by atoms with E-state index in [1.54, 1.807) is 0 Å². The highest BCUT2D eigenvalue weighted by Gasteiger charge is 2.25. The number of amides is 2. The Morgan fingerprint density at radius 2 is 1.60 bits per heavy atom. The summed E-state index contributed by atoms with van der Waals surface area (Å²) in [6.45, 7) is 8.66. The maximum atomic E-state index is 11.9. The van der Waals surface area contributed by atoms with Gasteiger partial charge in [0.2, 0.25) is 0 Å². The fourth-order valence-electron chi connectivity index (χ4n) is 2.32. The molecule has 0 saturated heterocycles. The third-order valence-corrected chi connectivity index (χ3v) is 3.83. The number of hydrogen-bond acceptors (Lipinski definition) is 1. The van der Waals surface area contributed by atoms with Gasteiger partial charge in [0.15, 0.2) is 0 Å². The zero-order valence-corrected chi connectivity index (χ0v) is 12.9. The van der Waals surface area contributed by atoms with E-state index in [1.807, 2.05) is 0 Å². The molecule has 3 nitrogen and oxygen atoms in total. The third kappa shape index (κ3) is 3.99. The maximum Gasteiger partial charge on any atom is 0.315 e. The first-order chi connectivity index (χ1) is 9.47. The van der Waals surface area contributed by atoms with Crippen molar-refractivity contribution in [3.63, 3.8) is 0 Å². The van der Waals surface area contributed by atoms with Gasteiger partial charge in [-0.25, -0.2) is 4.79 Å². The van der Waals surface area contributed by atoms with Gasteiger partial charge in [0.05, 0.1) is 6.04 Å². The summed E-state index contributed by atoms with van der Waals surface area (Å²) in [5.74, 6) is 0.900. The molecule has 0 spiro atoms. The van der Waals surface area contributed by atoms with Crippen LogP contribution in [0.2, 0.25) is 0 Å². The zero-order valence-electron chi connectivity index (χ0n) is 12.9. The molecule has 1 fully saturated rings. The highest BCUT2D eigenvalue weighted by atomic mass is 16.2. The van der Waals surface area contributed by atoms with E-state index in [2.05, 4.69) is 62.6 Å². The summed E-state index contributed by atoms with van der Waals surface area (Å²) < 4.78 is 0. The van der Waals surface area contributed by atoms with Crippen molar-refractivity contribution in [3.8, 4) is 0 Å². The monoisotopic (exact) mass is 274 g/mol. The molecule has 1 aromatic rings. The van der Waals surface area contributed by atoms with E-state index < -0.39 is 0 Å². The molecule has 1 aromatic carbocycles. The molecule has 0 aromatic heterocycles. The van der Waals surface area contributed by atoms with Gasteiger partial charge in [0, 0.05) is 6.04 Å². The summed E-state index contributed by atoms with van der Waals surface area (Å²) in [5, 5.41) is 6.09. The van der Waals surface area contributed by atoms with Crippen molar-refractivity contribution >= 4 is 6.03 Å². The van der Waals surface area contributed by atoms with Crippen LogP contribution < -0.4 is 10.6 Å². The fraction of sp³-hybridized carbons (Fsp3) is 0.588. The van der Waals surface area contributed by atoms with Crippen LogP contribution in [0.4, 0.5) is 4.79 Å². The van der Waals surface area contributed by atoms with Crippen LogP contribution in [-0.2, 0) is 0 Å². The molecule has 0 unspecified atom stereocenters. The van der Waals surface area contributed by atoms with Crippen LogP contribution in [0.3, 0.4) is 0 Å². The Balaban J connectivity index is 2.04. The molecular formula is C17H26N2O. The van der Waals surface area contributed by atoms with Crippen LogP contribution in [-0.4, -0.2) is 12.1 Å². The largest absolute Gasteiger partial charge is 0.335 e. The highest BCUT2D eigenvalue weighted by molar-refractivity contribution is 5.75. The van der Waals surface area contributed by atoms with Crippen LogP contribution >= 0.6 is 0 Å². The van der Waals surface area contributed by atoms with Crippen LogP contribution in [0.5, 0.6) is 0 Å². The molecule has 1 aliphatic rings. The van der Waals surface area contributed by atoms with E-state index in [1.165, 1.54) is 11.1 Å². The molecule has 110 valence electrons. The van der Waals surface area contributed by atoms with Gasteiger partial charge in [-0.15, -0.1) is 0 Å². The van der Waals surface area contributed by atoms with Gasteiger partial charge in [-0.3, -0.25) is 0 Å². The normalized spacial score (nSPS) is 16.3. The number of benzene rings is 1. The second-order valence-electron chi connectivity index (χ2n) is 6.44. The summed E-state index contributed by atoms with van der Waals surface area (Å²) in [7, 11) is 0. The second kappa shape index (κ2) is 6.29. The number of carbonyl (C=O) groups is 1. The molecule has 1 aliphatic carbocycles. The van der Waals surface area contributed by atoms with Gasteiger partial charge < -0.3 is 10.6 Å². The van der Waals surface area contributed by atoms with Crippen molar-refractivity contribution in [2.24, 2.45) is 5.92 Å². The van der Waals surface area contributed by atoms with Crippen LogP contribution in [0.15, 0.2) is 24.3 Å². The average molecular weight is 274 g/mol. The van der Waals surface area contributed by atoms with Crippen LogP contribution in [0, 0.1) is 5.92 Å². The van der Waals surface area contributed by atoms with Crippen molar-refractivity contribution in [2.75, 3.05) is 0 Å². The molecule has 0 aliphatic heterocycles. The molecule has 2 amide bonds. The van der Waals surface area contributed by atoms with Gasteiger partial charge in [-0.05, 0) is 35.8 Å². The molecule has 20 heavy (non-hydrogen) atoms. The number of nitrogens with one attached hydrogen (secondary N) is 2. The number of urea groups is 1. The number of hydrogen-bond donors (Lipinski definition) is 2. The number of rotatable bonds is 5. The Labute approximate surface area is 122 Å². The van der Waals surface area contributed by atoms with Gasteiger partial charge >= 0.3 is 6.03 Å². The minimum absolute atomic E-state index is 0.0425. The highest BCUT2D eigenvalue weighted by Crippen LogP contribution is 2.24. The Kier molecular flexibility index (Phi) is 4.69. The predicted octanol–water partition coefficient (Wildman–Crippen LogP) is 3.97. The van der Waals surface area contributed by atoms with Crippen molar-refractivity contribution in [1.29, 1.82) is 0 Å². The summed E-state index contributed by atoms with van der Waals surface area (Å²) in [4.78, 5) is 11.9. The van der Waals surface area contributed by atoms with Crippen molar-refractivity contribution in [1.82, 2.24) is 10.6 Å². The van der Waals surface area contributed by atoms with E-state index >= 15 is 0 Å². The fourth-order valence-corrected chi connectivity index (χ4v) is 2.32.